The number of rotatable bonds is 3. The minimum atomic E-state index is -0.0708. The predicted octanol–water partition coefficient (Wildman–Crippen LogP) is 3.55. The Balaban J connectivity index is 1.94. The highest BCUT2D eigenvalue weighted by Gasteiger charge is 2.14. The number of aromatic nitrogens is 2. The van der Waals surface area contributed by atoms with E-state index in [1.54, 1.807) is 11.3 Å². The molecule has 0 spiro atoms. The van der Waals surface area contributed by atoms with Crippen molar-refractivity contribution in [2.24, 2.45) is 5.73 Å². The summed E-state index contributed by atoms with van der Waals surface area (Å²) in [6.45, 7) is 4.14. The summed E-state index contributed by atoms with van der Waals surface area (Å²) in [6, 6.07) is 10.1. The maximum Gasteiger partial charge on any atom is 0.0949 e. The minimum absolute atomic E-state index is 0.0708. The van der Waals surface area contributed by atoms with Gasteiger partial charge in [-0.15, -0.1) is 11.3 Å². The van der Waals surface area contributed by atoms with Crippen molar-refractivity contribution in [3.05, 3.63) is 57.7 Å². The van der Waals surface area contributed by atoms with Crippen molar-refractivity contribution in [2.75, 3.05) is 0 Å². The Kier molecular flexibility index (Phi) is 3.51. The highest BCUT2D eigenvalue weighted by atomic mass is 32.1. The lowest BCUT2D eigenvalue weighted by Gasteiger charge is -2.12. The second-order valence-corrected chi connectivity index (χ2v) is 6.27. The van der Waals surface area contributed by atoms with Crippen LogP contribution in [0.5, 0.6) is 0 Å². The monoisotopic (exact) mass is 283 g/mol. The van der Waals surface area contributed by atoms with E-state index in [9.17, 15) is 0 Å². The smallest absolute Gasteiger partial charge is 0.0949 e. The number of nitrogens with zero attached hydrogens (tertiary/aromatic N) is 2. The molecule has 1 atom stereocenters. The number of para-hydroxylation sites is 1. The van der Waals surface area contributed by atoms with Crippen molar-refractivity contribution in [3.63, 3.8) is 0 Å². The molecule has 1 unspecified atom stereocenters. The Hall–Kier alpha value is -1.78. The molecule has 0 aliphatic carbocycles. The molecule has 0 amide bonds. The van der Waals surface area contributed by atoms with E-state index in [0.29, 0.717) is 0 Å². The van der Waals surface area contributed by atoms with Crippen LogP contribution < -0.4 is 5.73 Å². The normalized spacial score (nSPS) is 12.8. The van der Waals surface area contributed by atoms with Crippen LogP contribution >= 0.6 is 11.3 Å². The standard InChI is InChI=1S/C16H17N3S/c1-10-11(2)20-15(19-10)9-14(17)13-7-3-5-12-6-4-8-18-16(12)13/h3-8,14H,9,17H2,1-2H3. The largest absolute Gasteiger partial charge is 0.324 e. The summed E-state index contributed by atoms with van der Waals surface area (Å²) in [5.74, 6) is 0. The van der Waals surface area contributed by atoms with Gasteiger partial charge < -0.3 is 5.73 Å². The van der Waals surface area contributed by atoms with E-state index in [0.717, 1.165) is 33.6 Å². The molecular formula is C16H17N3S. The summed E-state index contributed by atoms with van der Waals surface area (Å²) in [6.07, 6.45) is 2.57. The molecule has 2 N–H and O–H groups in total. The summed E-state index contributed by atoms with van der Waals surface area (Å²) in [7, 11) is 0. The second kappa shape index (κ2) is 5.31. The second-order valence-electron chi connectivity index (χ2n) is 4.98. The molecule has 0 saturated carbocycles. The molecule has 0 fully saturated rings. The zero-order valence-electron chi connectivity index (χ0n) is 11.6. The third kappa shape index (κ3) is 2.44. The highest BCUT2D eigenvalue weighted by molar-refractivity contribution is 7.11. The molecule has 3 nitrogen and oxygen atoms in total. The lowest BCUT2D eigenvalue weighted by Crippen LogP contribution is -2.14. The fraction of sp³-hybridized carbons (Fsp3) is 0.250. The first-order valence-electron chi connectivity index (χ1n) is 6.67. The van der Waals surface area contributed by atoms with Gasteiger partial charge in [0.2, 0.25) is 0 Å². The van der Waals surface area contributed by atoms with Crippen LogP contribution in [-0.2, 0) is 6.42 Å². The number of fused-ring (bicyclic) bond motifs is 1. The third-order valence-corrected chi connectivity index (χ3v) is 4.63. The fourth-order valence-corrected chi connectivity index (χ4v) is 3.34. The van der Waals surface area contributed by atoms with Crippen molar-refractivity contribution >= 4 is 22.2 Å². The molecule has 2 heterocycles. The Morgan fingerprint density at radius 3 is 2.75 bits per heavy atom. The Morgan fingerprint density at radius 2 is 2.00 bits per heavy atom. The molecule has 102 valence electrons. The van der Waals surface area contributed by atoms with E-state index in [2.05, 4.69) is 35.1 Å². The molecular weight excluding hydrogens is 266 g/mol. The zero-order chi connectivity index (χ0) is 14.1. The van der Waals surface area contributed by atoms with E-state index in [1.807, 2.05) is 25.3 Å². The van der Waals surface area contributed by atoms with Gasteiger partial charge in [-0.2, -0.15) is 0 Å². The Labute approximate surface area is 122 Å². The van der Waals surface area contributed by atoms with Gasteiger partial charge >= 0.3 is 0 Å². The molecule has 0 aliphatic heterocycles. The van der Waals surface area contributed by atoms with Gasteiger partial charge in [-0.3, -0.25) is 4.98 Å². The molecule has 2 aromatic heterocycles. The van der Waals surface area contributed by atoms with E-state index >= 15 is 0 Å². The number of nitrogens with two attached hydrogens (primary N) is 1. The van der Waals surface area contributed by atoms with Crippen molar-refractivity contribution in [3.8, 4) is 0 Å². The van der Waals surface area contributed by atoms with Crippen LogP contribution in [0.4, 0.5) is 0 Å². The van der Waals surface area contributed by atoms with Gasteiger partial charge in [0.15, 0.2) is 0 Å². The molecule has 0 aliphatic rings. The van der Waals surface area contributed by atoms with E-state index in [4.69, 9.17) is 5.73 Å². The highest BCUT2D eigenvalue weighted by Crippen LogP contribution is 2.26. The number of benzene rings is 1. The van der Waals surface area contributed by atoms with E-state index < -0.39 is 0 Å². The third-order valence-electron chi connectivity index (χ3n) is 3.53. The predicted molar refractivity (Wildman–Crippen MR) is 84.0 cm³/mol. The van der Waals surface area contributed by atoms with Crippen molar-refractivity contribution < 1.29 is 0 Å². The van der Waals surface area contributed by atoms with Crippen molar-refractivity contribution in [2.45, 2.75) is 26.3 Å². The molecule has 20 heavy (non-hydrogen) atoms. The van der Waals surface area contributed by atoms with Gasteiger partial charge in [0.05, 0.1) is 16.2 Å². The van der Waals surface area contributed by atoms with Crippen LogP contribution in [0.3, 0.4) is 0 Å². The average Bonchev–Trinajstić information content (AvgIpc) is 2.76. The topological polar surface area (TPSA) is 51.8 Å². The molecule has 4 heteroatoms. The minimum Gasteiger partial charge on any atom is -0.324 e. The van der Waals surface area contributed by atoms with Crippen LogP contribution in [0, 0.1) is 13.8 Å². The van der Waals surface area contributed by atoms with Gasteiger partial charge in [-0.25, -0.2) is 4.98 Å². The van der Waals surface area contributed by atoms with Crippen LogP contribution in [0.2, 0.25) is 0 Å². The van der Waals surface area contributed by atoms with E-state index in [-0.39, 0.29) is 6.04 Å². The SMILES string of the molecule is Cc1nc(CC(N)c2cccc3cccnc23)sc1C. The average molecular weight is 283 g/mol. The van der Waals surface area contributed by atoms with Crippen molar-refractivity contribution in [1.29, 1.82) is 0 Å². The summed E-state index contributed by atoms with van der Waals surface area (Å²) in [5.41, 5.74) is 9.57. The zero-order valence-corrected chi connectivity index (χ0v) is 12.4. The molecule has 3 rings (SSSR count). The molecule has 0 radical (unpaired) electrons. The number of hydrogen-bond donors (Lipinski definition) is 1. The van der Waals surface area contributed by atoms with Gasteiger partial charge in [0.1, 0.15) is 0 Å². The number of aryl methyl sites for hydroxylation is 2. The number of pyridine rings is 1. The summed E-state index contributed by atoms with van der Waals surface area (Å²) >= 11 is 1.73. The lowest BCUT2D eigenvalue weighted by molar-refractivity contribution is 0.721. The molecule has 3 aromatic rings. The Bertz CT molecular complexity index is 724. The Morgan fingerprint density at radius 1 is 1.20 bits per heavy atom. The van der Waals surface area contributed by atoms with Crippen LogP contribution in [0.1, 0.15) is 27.2 Å². The van der Waals surface area contributed by atoms with Crippen LogP contribution in [-0.4, -0.2) is 9.97 Å². The van der Waals surface area contributed by atoms with E-state index in [1.165, 1.54) is 4.88 Å². The molecule has 1 aromatic carbocycles. The maximum absolute atomic E-state index is 6.38. The quantitative estimate of drug-likeness (QED) is 0.799. The van der Waals surface area contributed by atoms with Gasteiger partial charge in [0.25, 0.3) is 0 Å². The molecule has 0 bridgehead atoms. The van der Waals surface area contributed by atoms with Gasteiger partial charge in [0, 0.05) is 28.9 Å². The van der Waals surface area contributed by atoms with Crippen LogP contribution in [0.25, 0.3) is 10.9 Å². The number of hydrogen-bond acceptors (Lipinski definition) is 4. The summed E-state index contributed by atoms with van der Waals surface area (Å²) in [4.78, 5) is 10.3. The van der Waals surface area contributed by atoms with Crippen LogP contribution in [0.15, 0.2) is 36.5 Å². The van der Waals surface area contributed by atoms with Gasteiger partial charge in [-0.1, -0.05) is 24.3 Å². The maximum atomic E-state index is 6.38. The van der Waals surface area contributed by atoms with Crippen molar-refractivity contribution in [1.82, 2.24) is 9.97 Å². The van der Waals surface area contributed by atoms with Gasteiger partial charge in [-0.05, 0) is 25.5 Å². The lowest BCUT2D eigenvalue weighted by atomic mass is 10.0. The first-order chi connectivity index (χ1) is 9.65. The first-order valence-corrected chi connectivity index (χ1v) is 7.49. The first kappa shape index (κ1) is 13.2. The number of thiazole rings is 1. The molecule has 0 saturated heterocycles. The fourth-order valence-electron chi connectivity index (χ4n) is 2.35. The summed E-state index contributed by atoms with van der Waals surface area (Å²) < 4.78 is 0. The summed E-state index contributed by atoms with van der Waals surface area (Å²) in [5, 5.41) is 2.23.